The number of nitrogens with one attached hydrogen (secondary N) is 2. The summed E-state index contributed by atoms with van der Waals surface area (Å²) in [5.41, 5.74) is 0.921. The van der Waals surface area contributed by atoms with E-state index in [1.165, 1.54) is 0 Å². The van der Waals surface area contributed by atoms with Crippen molar-refractivity contribution < 1.29 is 13.9 Å². The Hall–Kier alpha value is -0.870. The molecule has 0 unspecified atom stereocenters. The fraction of sp³-hybridized carbons (Fsp3) is 0.778. The Morgan fingerprint density at radius 1 is 1.27 bits per heavy atom. The highest BCUT2D eigenvalue weighted by Crippen LogP contribution is 2.14. The van der Waals surface area contributed by atoms with Gasteiger partial charge in [-0.15, -0.1) is 24.0 Å². The van der Waals surface area contributed by atoms with Gasteiger partial charge in [-0.2, -0.15) is 0 Å². The molecule has 0 radical (unpaired) electrons. The molecule has 0 aliphatic carbocycles. The van der Waals surface area contributed by atoms with Crippen molar-refractivity contribution in [1.29, 1.82) is 0 Å². The number of hydrogen-bond acceptors (Lipinski definition) is 5. The Labute approximate surface area is 173 Å². The molecular weight excluding hydrogens is 447 g/mol. The van der Waals surface area contributed by atoms with Gasteiger partial charge in [0.1, 0.15) is 12.3 Å². The van der Waals surface area contributed by atoms with Crippen LogP contribution in [0.1, 0.15) is 43.5 Å². The number of rotatable bonds is 9. The topological polar surface area (TPSA) is 80.9 Å². The van der Waals surface area contributed by atoms with Gasteiger partial charge in [0.15, 0.2) is 5.96 Å². The first-order valence-electron chi connectivity index (χ1n) is 9.29. The summed E-state index contributed by atoms with van der Waals surface area (Å²) in [7, 11) is 0. The van der Waals surface area contributed by atoms with Gasteiger partial charge in [0.2, 0.25) is 5.89 Å². The average molecular weight is 480 g/mol. The van der Waals surface area contributed by atoms with E-state index in [-0.39, 0.29) is 24.0 Å². The van der Waals surface area contributed by atoms with E-state index in [1.54, 1.807) is 0 Å². The Kier molecular flexibility index (Phi) is 11.9. The molecule has 0 atom stereocenters. The maximum Gasteiger partial charge on any atom is 0.216 e. The van der Waals surface area contributed by atoms with Gasteiger partial charge in [-0.05, 0) is 46.0 Å². The van der Waals surface area contributed by atoms with Crippen LogP contribution in [-0.2, 0) is 16.0 Å². The minimum atomic E-state index is 0. The third-order valence-electron chi connectivity index (χ3n) is 4.24. The Balaban J connectivity index is 0.00000338. The lowest BCUT2D eigenvalue weighted by Crippen LogP contribution is -2.38. The largest absolute Gasteiger partial charge is 0.444 e. The standard InChI is InChI=1S/C18H32N4O3.HI/c1-4-19-18(21-12-17-22-14(2)15(3)25-17)20-8-5-9-24-13-16-6-10-23-11-7-16;/h16H,4-13H2,1-3H3,(H2,19,20,21);1H. The summed E-state index contributed by atoms with van der Waals surface area (Å²) in [5, 5.41) is 6.55. The normalized spacial score (nSPS) is 15.6. The molecule has 7 nitrogen and oxygen atoms in total. The molecule has 1 aromatic heterocycles. The number of nitrogens with zero attached hydrogens (tertiary/aromatic N) is 2. The highest BCUT2D eigenvalue weighted by atomic mass is 127. The maximum absolute atomic E-state index is 5.78. The molecule has 0 spiro atoms. The molecule has 1 fully saturated rings. The van der Waals surface area contributed by atoms with Crippen molar-refractivity contribution in [2.24, 2.45) is 10.9 Å². The third kappa shape index (κ3) is 8.68. The van der Waals surface area contributed by atoms with Gasteiger partial charge in [0.25, 0.3) is 0 Å². The SMILES string of the molecule is CCNC(=NCc1nc(C)c(C)o1)NCCCOCC1CCOCC1.I. The summed E-state index contributed by atoms with van der Waals surface area (Å²) in [4.78, 5) is 8.86. The number of aryl methyl sites for hydroxylation is 2. The number of aromatic nitrogens is 1. The summed E-state index contributed by atoms with van der Waals surface area (Å²) in [6.45, 7) is 11.3. The van der Waals surface area contributed by atoms with Crippen LogP contribution in [0.2, 0.25) is 0 Å². The minimum Gasteiger partial charge on any atom is -0.444 e. The van der Waals surface area contributed by atoms with Crippen LogP contribution in [0.15, 0.2) is 9.41 Å². The van der Waals surface area contributed by atoms with Crippen molar-refractivity contribution in [1.82, 2.24) is 15.6 Å². The van der Waals surface area contributed by atoms with Gasteiger partial charge in [0, 0.05) is 39.5 Å². The third-order valence-corrected chi connectivity index (χ3v) is 4.24. The number of guanidine groups is 1. The van der Waals surface area contributed by atoms with E-state index in [1.807, 2.05) is 20.8 Å². The average Bonchev–Trinajstić information content (AvgIpc) is 2.94. The molecular formula is C18H33IN4O3. The lowest BCUT2D eigenvalue weighted by molar-refractivity contribution is 0.0203. The molecule has 1 aliphatic heterocycles. The molecule has 0 bridgehead atoms. The summed E-state index contributed by atoms with van der Waals surface area (Å²) in [6.07, 6.45) is 3.19. The van der Waals surface area contributed by atoms with Gasteiger partial charge in [-0.3, -0.25) is 0 Å². The molecule has 2 N–H and O–H groups in total. The molecule has 0 aromatic carbocycles. The number of ether oxygens (including phenoxy) is 2. The number of aliphatic imine (C=N–C) groups is 1. The van der Waals surface area contributed by atoms with Crippen LogP contribution in [0.3, 0.4) is 0 Å². The van der Waals surface area contributed by atoms with E-state index in [4.69, 9.17) is 13.9 Å². The van der Waals surface area contributed by atoms with E-state index in [0.717, 1.165) is 76.2 Å². The van der Waals surface area contributed by atoms with E-state index in [2.05, 4.69) is 20.6 Å². The molecule has 0 amide bonds. The molecule has 1 aromatic rings. The highest BCUT2D eigenvalue weighted by molar-refractivity contribution is 14.0. The van der Waals surface area contributed by atoms with Crippen molar-refractivity contribution in [3.05, 3.63) is 17.3 Å². The quantitative estimate of drug-likeness (QED) is 0.245. The second kappa shape index (κ2) is 13.3. The van der Waals surface area contributed by atoms with Crippen LogP contribution >= 0.6 is 24.0 Å². The van der Waals surface area contributed by atoms with E-state index >= 15 is 0 Å². The number of oxazole rings is 1. The van der Waals surface area contributed by atoms with Gasteiger partial charge >= 0.3 is 0 Å². The Morgan fingerprint density at radius 3 is 2.69 bits per heavy atom. The number of hydrogen-bond donors (Lipinski definition) is 2. The minimum absolute atomic E-state index is 0. The highest BCUT2D eigenvalue weighted by Gasteiger charge is 2.13. The van der Waals surface area contributed by atoms with Crippen LogP contribution in [0.5, 0.6) is 0 Å². The zero-order valence-electron chi connectivity index (χ0n) is 16.2. The first kappa shape index (κ1) is 23.2. The van der Waals surface area contributed by atoms with Gasteiger partial charge in [-0.1, -0.05) is 0 Å². The fourth-order valence-corrected chi connectivity index (χ4v) is 2.64. The molecule has 2 heterocycles. The summed E-state index contributed by atoms with van der Waals surface area (Å²) in [5.74, 6) is 2.94. The van der Waals surface area contributed by atoms with Crippen molar-refractivity contribution in [2.45, 2.75) is 46.6 Å². The molecule has 0 saturated carbocycles. The zero-order chi connectivity index (χ0) is 17.9. The second-order valence-corrected chi connectivity index (χ2v) is 6.36. The van der Waals surface area contributed by atoms with Crippen LogP contribution in [0.25, 0.3) is 0 Å². The maximum atomic E-state index is 5.78. The van der Waals surface area contributed by atoms with Crippen molar-refractivity contribution >= 4 is 29.9 Å². The monoisotopic (exact) mass is 480 g/mol. The van der Waals surface area contributed by atoms with Gasteiger partial charge < -0.3 is 24.5 Å². The van der Waals surface area contributed by atoms with E-state index in [9.17, 15) is 0 Å². The molecule has 26 heavy (non-hydrogen) atoms. The molecule has 150 valence electrons. The first-order chi connectivity index (χ1) is 12.2. The summed E-state index contributed by atoms with van der Waals surface area (Å²) < 4.78 is 16.7. The zero-order valence-corrected chi connectivity index (χ0v) is 18.5. The van der Waals surface area contributed by atoms with Crippen LogP contribution in [0.4, 0.5) is 0 Å². The van der Waals surface area contributed by atoms with E-state index < -0.39 is 0 Å². The number of halogens is 1. The molecule has 8 heteroatoms. The van der Waals surface area contributed by atoms with Crippen LogP contribution < -0.4 is 10.6 Å². The van der Waals surface area contributed by atoms with Crippen molar-refractivity contribution in [3.8, 4) is 0 Å². The Morgan fingerprint density at radius 2 is 2.04 bits per heavy atom. The molecule has 2 rings (SSSR count). The van der Waals surface area contributed by atoms with Crippen molar-refractivity contribution in [2.75, 3.05) is 39.5 Å². The lowest BCUT2D eigenvalue weighted by Gasteiger charge is -2.21. The smallest absolute Gasteiger partial charge is 0.216 e. The molecule has 1 saturated heterocycles. The second-order valence-electron chi connectivity index (χ2n) is 6.36. The van der Waals surface area contributed by atoms with Crippen LogP contribution in [0, 0.1) is 19.8 Å². The van der Waals surface area contributed by atoms with Crippen molar-refractivity contribution in [3.63, 3.8) is 0 Å². The summed E-state index contributed by atoms with van der Waals surface area (Å²) in [6, 6.07) is 0. The lowest BCUT2D eigenvalue weighted by atomic mass is 10.0. The fourth-order valence-electron chi connectivity index (χ4n) is 2.64. The van der Waals surface area contributed by atoms with E-state index in [0.29, 0.717) is 18.4 Å². The van der Waals surface area contributed by atoms with Crippen LogP contribution in [-0.4, -0.2) is 50.5 Å². The predicted octanol–water partition coefficient (Wildman–Crippen LogP) is 2.80. The van der Waals surface area contributed by atoms with Gasteiger partial charge in [-0.25, -0.2) is 9.98 Å². The summed E-state index contributed by atoms with van der Waals surface area (Å²) >= 11 is 0. The predicted molar refractivity (Wildman–Crippen MR) is 113 cm³/mol. The Bertz CT molecular complexity index is 511. The first-order valence-corrected chi connectivity index (χ1v) is 9.29. The molecule has 1 aliphatic rings. The van der Waals surface area contributed by atoms with Gasteiger partial charge in [0.05, 0.1) is 5.69 Å².